The highest BCUT2D eigenvalue weighted by Gasteiger charge is 2.28. The zero-order valence-corrected chi connectivity index (χ0v) is 19.9. The highest BCUT2D eigenvalue weighted by Crippen LogP contribution is 2.33. The number of carbonyl (C=O) groups excluding carboxylic acids is 1. The maximum atomic E-state index is 12.6. The zero-order valence-electron chi connectivity index (χ0n) is 18.3. The van der Waals surface area contributed by atoms with Gasteiger partial charge in [-0.15, -0.1) is 0 Å². The van der Waals surface area contributed by atoms with Crippen LogP contribution in [0, 0.1) is 34.6 Å². The summed E-state index contributed by atoms with van der Waals surface area (Å²) in [6.45, 7) is 10.4. The molecular weight excluding hydrogens is 426 g/mol. The lowest BCUT2D eigenvalue weighted by Gasteiger charge is -2.15. The summed E-state index contributed by atoms with van der Waals surface area (Å²) in [4.78, 5) is 13.3. The summed E-state index contributed by atoms with van der Waals surface area (Å²) >= 11 is 7.54. The molecule has 1 aliphatic rings. The van der Waals surface area contributed by atoms with Crippen LogP contribution in [-0.2, 0) is 4.79 Å². The van der Waals surface area contributed by atoms with Crippen LogP contribution in [0.5, 0.6) is 0 Å². The smallest absolute Gasteiger partial charge is 0.260 e. The Balaban J connectivity index is 1.59. The molecule has 4 rings (SSSR count). The summed E-state index contributed by atoms with van der Waals surface area (Å²) in [5, 5.41) is 7.08. The van der Waals surface area contributed by atoms with Gasteiger partial charge in [0.05, 0.1) is 4.91 Å². The molecule has 160 valence electrons. The van der Waals surface area contributed by atoms with E-state index in [1.807, 2.05) is 31.2 Å². The number of amides is 1. The maximum absolute atomic E-state index is 12.6. The second-order valence-corrected chi connectivity index (χ2v) is 9.60. The number of thioether (sulfide) groups is 1. The molecule has 1 unspecified atom stereocenters. The van der Waals surface area contributed by atoms with Crippen molar-refractivity contribution in [3.8, 4) is 5.69 Å². The molecule has 1 fully saturated rings. The van der Waals surface area contributed by atoms with E-state index < -0.39 is 0 Å². The standard InChI is InChI=1S/C25H26ClN3OS/c1-14-6-8-21(11-15(14)2)29-17(4)12-19(18(29)5)13-23-24(30)28-25(31-23)27-22-9-7-20(26)10-16(22)3/h6-13,25,27H,1-5H3,(H,28,30)/b23-13-. The van der Waals surface area contributed by atoms with Crippen LogP contribution >= 0.6 is 23.4 Å². The molecule has 0 aliphatic carbocycles. The minimum atomic E-state index is -0.220. The SMILES string of the molecule is Cc1ccc(-n2c(C)cc(/C=C3\SC(Nc4ccc(Cl)cc4C)NC3=O)c2C)cc1C. The van der Waals surface area contributed by atoms with Gasteiger partial charge in [0.15, 0.2) is 5.50 Å². The number of hydrogen-bond acceptors (Lipinski definition) is 3. The summed E-state index contributed by atoms with van der Waals surface area (Å²) in [7, 11) is 0. The number of rotatable bonds is 4. The number of nitrogens with zero attached hydrogens (tertiary/aromatic N) is 1. The van der Waals surface area contributed by atoms with Gasteiger partial charge in [-0.3, -0.25) is 4.79 Å². The average Bonchev–Trinajstić information content (AvgIpc) is 3.19. The third-order valence-corrected chi connectivity index (χ3v) is 6.98. The van der Waals surface area contributed by atoms with Gasteiger partial charge in [-0.25, -0.2) is 0 Å². The van der Waals surface area contributed by atoms with Crippen LogP contribution in [0.1, 0.15) is 33.6 Å². The molecule has 2 aromatic carbocycles. The summed E-state index contributed by atoms with van der Waals surface area (Å²) in [6.07, 6.45) is 1.98. The Morgan fingerprint density at radius 3 is 2.48 bits per heavy atom. The Morgan fingerprint density at radius 2 is 1.77 bits per heavy atom. The van der Waals surface area contributed by atoms with E-state index in [2.05, 4.69) is 67.2 Å². The number of halogens is 1. The molecule has 0 radical (unpaired) electrons. The normalized spacial score (nSPS) is 17.3. The van der Waals surface area contributed by atoms with Crippen LogP contribution in [0.15, 0.2) is 47.4 Å². The number of hydrogen-bond donors (Lipinski definition) is 2. The second kappa shape index (κ2) is 8.48. The van der Waals surface area contributed by atoms with Gasteiger partial charge >= 0.3 is 0 Å². The van der Waals surface area contributed by atoms with Gasteiger partial charge in [-0.05, 0) is 99.3 Å². The van der Waals surface area contributed by atoms with E-state index >= 15 is 0 Å². The van der Waals surface area contributed by atoms with Crippen molar-refractivity contribution in [1.82, 2.24) is 9.88 Å². The van der Waals surface area contributed by atoms with E-state index in [1.54, 1.807) is 0 Å². The molecule has 31 heavy (non-hydrogen) atoms. The lowest BCUT2D eigenvalue weighted by Crippen LogP contribution is -2.31. The topological polar surface area (TPSA) is 46.1 Å². The lowest BCUT2D eigenvalue weighted by molar-refractivity contribution is -0.116. The van der Waals surface area contributed by atoms with Gasteiger partial charge in [0.1, 0.15) is 0 Å². The minimum absolute atomic E-state index is 0.0647. The molecule has 3 aromatic rings. The van der Waals surface area contributed by atoms with Crippen LogP contribution in [0.3, 0.4) is 0 Å². The van der Waals surface area contributed by atoms with E-state index in [0.29, 0.717) is 9.93 Å². The van der Waals surface area contributed by atoms with Crippen LogP contribution < -0.4 is 10.6 Å². The molecule has 1 aromatic heterocycles. The fraction of sp³-hybridized carbons (Fsp3) is 0.240. The first-order valence-corrected chi connectivity index (χ1v) is 11.5. The monoisotopic (exact) mass is 451 g/mol. The third kappa shape index (κ3) is 4.39. The van der Waals surface area contributed by atoms with Crippen molar-refractivity contribution in [2.24, 2.45) is 0 Å². The maximum Gasteiger partial charge on any atom is 0.260 e. The fourth-order valence-electron chi connectivity index (χ4n) is 3.83. The predicted molar refractivity (Wildman–Crippen MR) is 132 cm³/mol. The van der Waals surface area contributed by atoms with Gasteiger partial charge in [-0.2, -0.15) is 0 Å². The Kier molecular flexibility index (Phi) is 5.91. The Bertz CT molecular complexity index is 1210. The van der Waals surface area contributed by atoms with Gasteiger partial charge < -0.3 is 15.2 Å². The van der Waals surface area contributed by atoms with Crippen LogP contribution in [0.2, 0.25) is 5.02 Å². The first kappa shape index (κ1) is 21.6. The molecule has 0 saturated carbocycles. The van der Waals surface area contributed by atoms with Crippen molar-refractivity contribution in [2.75, 3.05) is 5.32 Å². The number of carbonyl (C=O) groups is 1. The van der Waals surface area contributed by atoms with E-state index in [0.717, 1.165) is 33.9 Å². The number of benzene rings is 2. The number of aromatic nitrogens is 1. The van der Waals surface area contributed by atoms with Gasteiger partial charge in [0, 0.05) is 27.8 Å². The molecule has 1 amide bonds. The molecule has 2 N–H and O–H groups in total. The van der Waals surface area contributed by atoms with E-state index in [1.165, 1.54) is 22.9 Å². The number of anilines is 1. The highest BCUT2D eigenvalue weighted by molar-refractivity contribution is 8.05. The quantitative estimate of drug-likeness (QED) is 0.459. The molecule has 6 heteroatoms. The van der Waals surface area contributed by atoms with Crippen molar-refractivity contribution in [3.05, 3.63) is 86.0 Å². The average molecular weight is 452 g/mol. The molecular formula is C25H26ClN3OS. The summed E-state index contributed by atoms with van der Waals surface area (Å²) in [5.41, 5.74) is 8.77. The van der Waals surface area contributed by atoms with Crippen LogP contribution in [0.4, 0.5) is 5.69 Å². The highest BCUT2D eigenvalue weighted by atomic mass is 35.5. The molecule has 1 atom stereocenters. The molecule has 0 bridgehead atoms. The first-order valence-electron chi connectivity index (χ1n) is 10.2. The molecule has 1 aliphatic heterocycles. The molecule has 0 spiro atoms. The Labute approximate surface area is 192 Å². The number of aryl methyl sites for hydroxylation is 4. The fourth-order valence-corrected chi connectivity index (χ4v) is 5.03. The van der Waals surface area contributed by atoms with Gasteiger partial charge in [0.25, 0.3) is 5.91 Å². The van der Waals surface area contributed by atoms with Crippen molar-refractivity contribution in [1.29, 1.82) is 0 Å². The molecule has 4 nitrogen and oxygen atoms in total. The zero-order chi connectivity index (χ0) is 22.3. The third-order valence-electron chi connectivity index (χ3n) is 5.71. The van der Waals surface area contributed by atoms with Crippen LogP contribution in [0.25, 0.3) is 11.8 Å². The van der Waals surface area contributed by atoms with E-state index in [4.69, 9.17) is 11.6 Å². The van der Waals surface area contributed by atoms with Gasteiger partial charge in [0.2, 0.25) is 0 Å². The van der Waals surface area contributed by atoms with Crippen molar-refractivity contribution < 1.29 is 4.79 Å². The summed E-state index contributed by atoms with van der Waals surface area (Å²) in [5.74, 6) is -0.0647. The van der Waals surface area contributed by atoms with Gasteiger partial charge in [-0.1, -0.05) is 29.4 Å². The lowest BCUT2D eigenvalue weighted by atomic mass is 10.1. The Hall–Kier alpha value is -2.63. The first-order chi connectivity index (χ1) is 14.7. The summed E-state index contributed by atoms with van der Waals surface area (Å²) in [6, 6.07) is 14.3. The van der Waals surface area contributed by atoms with Crippen molar-refractivity contribution in [2.45, 2.75) is 40.1 Å². The van der Waals surface area contributed by atoms with Crippen molar-refractivity contribution >= 4 is 41.0 Å². The van der Waals surface area contributed by atoms with E-state index in [9.17, 15) is 4.79 Å². The summed E-state index contributed by atoms with van der Waals surface area (Å²) < 4.78 is 2.24. The molecule has 1 saturated heterocycles. The van der Waals surface area contributed by atoms with E-state index in [-0.39, 0.29) is 11.4 Å². The largest absolute Gasteiger partial charge is 0.356 e. The van der Waals surface area contributed by atoms with Crippen molar-refractivity contribution in [3.63, 3.8) is 0 Å². The second-order valence-electron chi connectivity index (χ2n) is 8.01. The predicted octanol–water partition coefficient (Wildman–Crippen LogP) is 6.27. The number of nitrogens with one attached hydrogen (secondary N) is 2. The molecule has 2 heterocycles. The Morgan fingerprint density at radius 1 is 1.00 bits per heavy atom. The minimum Gasteiger partial charge on any atom is -0.356 e. The van der Waals surface area contributed by atoms with Crippen LogP contribution in [-0.4, -0.2) is 16.0 Å².